The Balaban J connectivity index is 3.47. The highest BCUT2D eigenvalue weighted by Gasteiger charge is 1.92. The SMILES string of the molecule is C/C=C\N(C)C(C)C. The minimum atomic E-state index is 0.617. The first-order valence-corrected chi connectivity index (χ1v) is 3.03. The summed E-state index contributed by atoms with van der Waals surface area (Å²) in [5.41, 5.74) is 0. The van der Waals surface area contributed by atoms with E-state index in [0.29, 0.717) is 6.04 Å². The molecule has 0 saturated heterocycles. The monoisotopic (exact) mass is 113 g/mol. The quantitative estimate of drug-likeness (QED) is 0.528. The average molecular weight is 113 g/mol. The van der Waals surface area contributed by atoms with Gasteiger partial charge in [0, 0.05) is 13.1 Å². The zero-order chi connectivity index (χ0) is 6.57. The van der Waals surface area contributed by atoms with E-state index >= 15 is 0 Å². The Hall–Kier alpha value is -0.460. The molecule has 0 atom stereocenters. The summed E-state index contributed by atoms with van der Waals surface area (Å²) in [5, 5.41) is 0. The van der Waals surface area contributed by atoms with Crippen LogP contribution in [-0.2, 0) is 0 Å². The predicted octanol–water partition coefficient (Wildman–Crippen LogP) is 1.86. The van der Waals surface area contributed by atoms with Gasteiger partial charge in [-0.2, -0.15) is 0 Å². The van der Waals surface area contributed by atoms with Gasteiger partial charge in [-0.3, -0.25) is 0 Å². The third-order valence-electron chi connectivity index (χ3n) is 1.20. The Morgan fingerprint density at radius 2 is 1.88 bits per heavy atom. The van der Waals surface area contributed by atoms with Crippen LogP contribution in [0, 0.1) is 0 Å². The van der Waals surface area contributed by atoms with E-state index in [9.17, 15) is 0 Å². The van der Waals surface area contributed by atoms with Gasteiger partial charge >= 0.3 is 0 Å². The van der Waals surface area contributed by atoms with Crippen molar-refractivity contribution in [3.05, 3.63) is 12.3 Å². The molecule has 0 radical (unpaired) electrons. The Bertz CT molecular complexity index is 74.5. The van der Waals surface area contributed by atoms with Crippen LogP contribution in [0.5, 0.6) is 0 Å². The minimum Gasteiger partial charge on any atom is -0.378 e. The predicted molar refractivity (Wildman–Crippen MR) is 37.7 cm³/mol. The van der Waals surface area contributed by atoms with Crippen LogP contribution in [-0.4, -0.2) is 18.0 Å². The molecule has 0 aliphatic rings. The van der Waals surface area contributed by atoms with Gasteiger partial charge in [-0.15, -0.1) is 0 Å². The fourth-order valence-corrected chi connectivity index (χ4v) is 0.407. The van der Waals surface area contributed by atoms with Crippen LogP contribution in [0.1, 0.15) is 20.8 Å². The molecule has 8 heavy (non-hydrogen) atoms. The lowest BCUT2D eigenvalue weighted by Gasteiger charge is -2.17. The van der Waals surface area contributed by atoms with E-state index in [0.717, 1.165) is 0 Å². The Morgan fingerprint density at radius 3 is 2.00 bits per heavy atom. The Morgan fingerprint density at radius 1 is 1.38 bits per heavy atom. The van der Waals surface area contributed by atoms with Gasteiger partial charge < -0.3 is 4.90 Å². The molecular formula is C7H15N. The molecule has 0 fully saturated rings. The molecule has 0 spiro atoms. The van der Waals surface area contributed by atoms with E-state index in [4.69, 9.17) is 0 Å². The maximum absolute atomic E-state index is 2.17. The number of nitrogens with zero attached hydrogens (tertiary/aromatic N) is 1. The maximum atomic E-state index is 2.17. The standard InChI is InChI=1S/C7H15N/c1-5-6-8(4)7(2)3/h5-7H,1-4H3/b6-5-. The summed E-state index contributed by atoms with van der Waals surface area (Å²) >= 11 is 0. The number of hydrogen-bond donors (Lipinski definition) is 0. The summed E-state index contributed by atoms with van der Waals surface area (Å²) in [5.74, 6) is 0. The van der Waals surface area contributed by atoms with E-state index < -0.39 is 0 Å². The minimum absolute atomic E-state index is 0.617. The lowest BCUT2D eigenvalue weighted by atomic mass is 10.4. The van der Waals surface area contributed by atoms with Crippen molar-refractivity contribution >= 4 is 0 Å². The fourth-order valence-electron chi connectivity index (χ4n) is 0.407. The zero-order valence-electron chi connectivity index (χ0n) is 6.18. The van der Waals surface area contributed by atoms with Crippen LogP contribution in [0.25, 0.3) is 0 Å². The van der Waals surface area contributed by atoms with Crippen molar-refractivity contribution in [1.29, 1.82) is 0 Å². The second kappa shape index (κ2) is 3.53. The van der Waals surface area contributed by atoms with Gasteiger partial charge in [0.1, 0.15) is 0 Å². The van der Waals surface area contributed by atoms with Gasteiger partial charge in [0.2, 0.25) is 0 Å². The van der Waals surface area contributed by atoms with E-state index in [2.05, 4.69) is 32.0 Å². The number of allylic oxidation sites excluding steroid dienone is 1. The summed E-state index contributed by atoms with van der Waals surface area (Å²) in [4.78, 5) is 2.17. The maximum Gasteiger partial charge on any atom is 0.0224 e. The molecule has 0 amide bonds. The Kier molecular flexibility index (Phi) is 3.33. The van der Waals surface area contributed by atoms with Crippen molar-refractivity contribution in [2.24, 2.45) is 0 Å². The molecule has 0 aromatic rings. The molecular weight excluding hydrogens is 98.1 g/mol. The molecule has 1 heteroatoms. The first kappa shape index (κ1) is 7.54. The normalized spacial score (nSPS) is 11.1. The van der Waals surface area contributed by atoms with Crippen molar-refractivity contribution in [2.75, 3.05) is 7.05 Å². The summed E-state index contributed by atoms with van der Waals surface area (Å²) in [6, 6.07) is 0.617. The lowest BCUT2D eigenvalue weighted by molar-refractivity contribution is 0.375. The van der Waals surface area contributed by atoms with Gasteiger partial charge in [0.25, 0.3) is 0 Å². The van der Waals surface area contributed by atoms with Crippen molar-refractivity contribution < 1.29 is 0 Å². The van der Waals surface area contributed by atoms with Crippen LogP contribution in [0.15, 0.2) is 12.3 Å². The van der Waals surface area contributed by atoms with Crippen molar-refractivity contribution in [1.82, 2.24) is 4.90 Å². The Labute approximate surface area is 52.0 Å². The molecule has 48 valence electrons. The molecule has 1 nitrogen and oxygen atoms in total. The molecule has 0 unspecified atom stereocenters. The fraction of sp³-hybridized carbons (Fsp3) is 0.714. The van der Waals surface area contributed by atoms with E-state index in [1.807, 2.05) is 13.0 Å². The summed E-state index contributed by atoms with van der Waals surface area (Å²) in [7, 11) is 2.07. The third kappa shape index (κ3) is 2.67. The largest absolute Gasteiger partial charge is 0.378 e. The van der Waals surface area contributed by atoms with Crippen LogP contribution in [0.2, 0.25) is 0 Å². The van der Waals surface area contributed by atoms with Gasteiger partial charge in [-0.05, 0) is 27.0 Å². The lowest BCUT2D eigenvalue weighted by Crippen LogP contribution is -2.19. The third-order valence-corrected chi connectivity index (χ3v) is 1.20. The summed E-state index contributed by atoms with van der Waals surface area (Å²) in [6.07, 6.45) is 4.12. The second-order valence-corrected chi connectivity index (χ2v) is 2.24. The first-order chi connectivity index (χ1) is 3.68. The van der Waals surface area contributed by atoms with E-state index in [1.165, 1.54) is 0 Å². The number of rotatable bonds is 2. The molecule has 0 aliphatic heterocycles. The summed E-state index contributed by atoms with van der Waals surface area (Å²) < 4.78 is 0. The molecule has 0 aromatic heterocycles. The van der Waals surface area contributed by atoms with Crippen LogP contribution >= 0.6 is 0 Å². The molecule has 0 rings (SSSR count). The topological polar surface area (TPSA) is 3.24 Å². The van der Waals surface area contributed by atoms with Gasteiger partial charge in [-0.1, -0.05) is 6.08 Å². The van der Waals surface area contributed by atoms with Crippen LogP contribution < -0.4 is 0 Å². The van der Waals surface area contributed by atoms with E-state index in [1.54, 1.807) is 0 Å². The molecule has 0 heterocycles. The van der Waals surface area contributed by atoms with Gasteiger partial charge in [0.05, 0.1) is 0 Å². The number of hydrogen-bond acceptors (Lipinski definition) is 1. The van der Waals surface area contributed by atoms with Crippen LogP contribution in [0.3, 0.4) is 0 Å². The molecule has 0 saturated carbocycles. The second-order valence-electron chi connectivity index (χ2n) is 2.24. The van der Waals surface area contributed by atoms with Gasteiger partial charge in [-0.25, -0.2) is 0 Å². The first-order valence-electron chi connectivity index (χ1n) is 3.03. The van der Waals surface area contributed by atoms with Crippen LogP contribution in [0.4, 0.5) is 0 Å². The van der Waals surface area contributed by atoms with Crippen molar-refractivity contribution in [3.8, 4) is 0 Å². The average Bonchev–Trinajstić information content (AvgIpc) is 1.67. The highest BCUT2D eigenvalue weighted by atomic mass is 15.1. The highest BCUT2D eigenvalue weighted by Crippen LogP contribution is 1.92. The molecule has 0 aromatic carbocycles. The zero-order valence-corrected chi connectivity index (χ0v) is 6.18. The molecule has 0 aliphatic carbocycles. The highest BCUT2D eigenvalue weighted by molar-refractivity contribution is 4.77. The summed E-state index contributed by atoms with van der Waals surface area (Å²) in [6.45, 7) is 6.36. The molecule has 0 N–H and O–H groups in total. The van der Waals surface area contributed by atoms with Gasteiger partial charge in [0.15, 0.2) is 0 Å². The smallest absolute Gasteiger partial charge is 0.0224 e. The van der Waals surface area contributed by atoms with Crippen molar-refractivity contribution in [3.63, 3.8) is 0 Å². The molecule has 0 bridgehead atoms. The van der Waals surface area contributed by atoms with Crippen molar-refractivity contribution in [2.45, 2.75) is 26.8 Å². The van der Waals surface area contributed by atoms with E-state index in [-0.39, 0.29) is 0 Å².